The molecule has 3 rings (SSSR count). The van der Waals surface area contributed by atoms with E-state index in [1.807, 2.05) is 30.3 Å². The first-order valence-electron chi connectivity index (χ1n) is 6.27. The molecule has 1 aliphatic heterocycles. The van der Waals surface area contributed by atoms with Crippen LogP contribution in [0.3, 0.4) is 0 Å². The molecule has 96 valence electrons. The predicted octanol–water partition coefficient (Wildman–Crippen LogP) is 1.95. The van der Waals surface area contributed by atoms with Crippen molar-refractivity contribution in [2.24, 2.45) is 0 Å². The fourth-order valence-electron chi connectivity index (χ4n) is 2.08. The van der Waals surface area contributed by atoms with Crippen molar-refractivity contribution in [1.82, 2.24) is 10.3 Å². The van der Waals surface area contributed by atoms with E-state index in [9.17, 15) is 4.79 Å². The molecule has 0 atom stereocenters. The molecule has 0 spiro atoms. The molecule has 0 unspecified atom stereocenters. The average Bonchev–Trinajstić information content (AvgIpc) is 2.47. The number of amides is 1. The van der Waals surface area contributed by atoms with Gasteiger partial charge in [-0.2, -0.15) is 0 Å². The summed E-state index contributed by atoms with van der Waals surface area (Å²) in [6, 6.07) is 11.7. The maximum atomic E-state index is 11.7. The summed E-state index contributed by atoms with van der Waals surface area (Å²) < 4.78 is 5.66. The number of fused-ring (bicyclic) bond motifs is 1. The molecule has 0 aliphatic carbocycles. The number of carbonyl (C=O) groups excluding carboxylic acids is 1. The molecule has 1 aromatic heterocycles. The minimum absolute atomic E-state index is 0.0705. The topological polar surface area (TPSA) is 51.2 Å². The molecular weight excluding hydrogens is 240 g/mol. The number of hydrogen-bond donors (Lipinski definition) is 1. The summed E-state index contributed by atoms with van der Waals surface area (Å²) in [6.07, 6.45) is 2.46. The van der Waals surface area contributed by atoms with Gasteiger partial charge in [-0.05, 0) is 11.6 Å². The van der Waals surface area contributed by atoms with Gasteiger partial charge in [-0.1, -0.05) is 30.3 Å². The summed E-state index contributed by atoms with van der Waals surface area (Å²) >= 11 is 0. The second kappa shape index (κ2) is 5.10. The number of aromatic nitrogens is 1. The third-order valence-electron chi connectivity index (χ3n) is 3.09. The van der Waals surface area contributed by atoms with Gasteiger partial charge in [0.25, 0.3) is 5.91 Å². The first-order chi connectivity index (χ1) is 9.33. The molecule has 2 aromatic rings. The molecule has 1 aliphatic rings. The van der Waals surface area contributed by atoms with Crippen molar-refractivity contribution in [2.45, 2.75) is 13.0 Å². The van der Waals surface area contributed by atoms with E-state index in [2.05, 4.69) is 10.3 Å². The molecular formula is C15H14N2O2. The summed E-state index contributed by atoms with van der Waals surface area (Å²) in [6.45, 7) is 1.13. The normalized spacial score (nSPS) is 13.6. The molecule has 1 N–H and O–H groups in total. The van der Waals surface area contributed by atoms with E-state index in [0.717, 1.165) is 17.7 Å². The Balaban J connectivity index is 1.75. The molecule has 0 saturated carbocycles. The van der Waals surface area contributed by atoms with Gasteiger partial charge in [0.2, 0.25) is 0 Å². The van der Waals surface area contributed by atoms with Gasteiger partial charge < -0.3 is 10.1 Å². The summed E-state index contributed by atoms with van der Waals surface area (Å²) in [4.78, 5) is 16.0. The van der Waals surface area contributed by atoms with Crippen molar-refractivity contribution in [2.75, 3.05) is 6.54 Å². The third kappa shape index (κ3) is 2.57. The Kier molecular flexibility index (Phi) is 3.14. The number of pyridine rings is 1. The SMILES string of the molecule is O=C1NCCc2ncc(OCc3ccccc3)cc21. The van der Waals surface area contributed by atoms with Crippen LogP contribution in [0.2, 0.25) is 0 Å². The van der Waals surface area contributed by atoms with E-state index in [0.29, 0.717) is 24.5 Å². The summed E-state index contributed by atoms with van der Waals surface area (Å²) in [5.41, 5.74) is 2.55. The zero-order chi connectivity index (χ0) is 13.1. The Hall–Kier alpha value is -2.36. The molecule has 0 bridgehead atoms. The average molecular weight is 254 g/mol. The van der Waals surface area contributed by atoms with E-state index < -0.39 is 0 Å². The molecule has 0 saturated heterocycles. The van der Waals surface area contributed by atoms with Crippen molar-refractivity contribution in [3.63, 3.8) is 0 Å². The molecule has 0 fully saturated rings. The lowest BCUT2D eigenvalue weighted by Crippen LogP contribution is -2.32. The van der Waals surface area contributed by atoms with Crippen LogP contribution in [-0.4, -0.2) is 17.4 Å². The van der Waals surface area contributed by atoms with Gasteiger partial charge in [-0.3, -0.25) is 9.78 Å². The van der Waals surface area contributed by atoms with Gasteiger partial charge in [0, 0.05) is 13.0 Å². The van der Waals surface area contributed by atoms with Crippen LogP contribution in [0.5, 0.6) is 5.75 Å². The van der Waals surface area contributed by atoms with Crippen molar-refractivity contribution in [3.8, 4) is 5.75 Å². The van der Waals surface area contributed by atoms with Crippen LogP contribution in [0.1, 0.15) is 21.6 Å². The van der Waals surface area contributed by atoms with Gasteiger partial charge in [-0.25, -0.2) is 0 Å². The fourth-order valence-corrected chi connectivity index (χ4v) is 2.08. The first-order valence-corrected chi connectivity index (χ1v) is 6.27. The van der Waals surface area contributed by atoms with Crippen LogP contribution in [0.15, 0.2) is 42.6 Å². The highest BCUT2D eigenvalue weighted by atomic mass is 16.5. The number of benzene rings is 1. The molecule has 4 nitrogen and oxygen atoms in total. The minimum Gasteiger partial charge on any atom is -0.487 e. The van der Waals surface area contributed by atoms with E-state index in [1.165, 1.54) is 0 Å². The zero-order valence-corrected chi connectivity index (χ0v) is 10.4. The third-order valence-corrected chi connectivity index (χ3v) is 3.09. The van der Waals surface area contributed by atoms with Crippen LogP contribution >= 0.6 is 0 Å². The quantitative estimate of drug-likeness (QED) is 0.910. The smallest absolute Gasteiger partial charge is 0.253 e. The van der Waals surface area contributed by atoms with Gasteiger partial charge in [0.15, 0.2) is 0 Å². The molecule has 0 radical (unpaired) electrons. The predicted molar refractivity (Wildman–Crippen MR) is 71.0 cm³/mol. The lowest BCUT2D eigenvalue weighted by molar-refractivity contribution is 0.0944. The van der Waals surface area contributed by atoms with E-state index >= 15 is 0 Å². The van der Waals surface area contributed by atoms with Crippen LogP contribution in [0.25, 0.3) is 0 Å². The van der Waals surface area contributed by atoms with Crippen molar-refractivity contribution < 1.29 is 9.53 Å². The lowest BCUT2D eigenvalue weighted by Gasteiger charge is -2.16. The largest absolute Gasteiger partial charge is 0.487 e. The fraction of sp³-hybridized carbons (Fsp3) is 0.200. The molecule has 1 aromatic carbocycles. The first kappa shape index (κ1) is 11.7. The van der Waals surface area contributed by atoms with E-state index in [-0.39, 0.29) is 5.91 Å². The van der Waals surface area contributed by atoms with Crippen LogP contribution in [-0.2, 0) is 13.0 Å². The highest BCUT2D eigenvalue weighted by Gasteiger charge is 2.18. The number of nitrogens with zero attached hydrogens (tertiary/aromatic N) is 1. The van der Waals surface area contributed by atoms with Crippen molar-refractivity contribution >= 4 is 5.91 Å². The standard InChI is InChI=1S/C15H14N2O2/c18-15-13-8-12(9-17-14(13)6-7-16-15)19-10-11-4-2-1-3-5-11/h1-5,8-9H,6-7,10H2,(H,16,18). The van der Waals surface area contributed by atoms with Gasteiger partial charge in [0.05, 0.1) is 17.5 Å². The van der Waals surface area contributed by atoms with Crippen LogP contribution in [0.4, 0.5) is 0 Å². The molecule has 19 heavy (non-hydrogen) atoms. The highest BCUT2D eigenvalue weighted by Crippen LogP contribution is 2.19. The Morgan fingerprint density at radius 1 is 1.26 bits per heavy atom. The lowest BCUT2D eigenvalue weighted by atomic mass is 10.1. The van der Waals surface area contributed by atoms with Gasteiger partial charge in [-0.15, -0.1) is 0 Å². The Labute approximate surface area is 111 Å². The van der Waals surface area contributed by atoms with Gasteiger partial charge in [0.1, 0.15) is 12.4 Å². The number of hydrogen-bond acceptors (Lipinski definition) is 3. The molecule has 4 heteroatoms. The summed E-state index contributed by atoms with van der Waals surface area (Å²) in [7, 11) is 0. The van der Waals surface area contributed by atoms with Crippen LogP contribution in [0, 0.1) is 0 Å². The van der Waals surface area contributed by atoms with Crippen LogP contribution < -0.4 is 10.1 Å². The second-order valence-corrected chi connectivity index (χ2v) is 4.45. The van der Waals surface area contributed by atoms with Gasteiger partial charge >= 0.3 is 0 Å². The summed E-state index contributed by atoms with van der Waals surface area (Å²) in [5, 5.41) is 2.80. The maximum Gasteiger partial charge on any atom is 0.253 e. The number of carbonyl (C=O) groups is 1. The number of nitrogens with one attached hydrogen (secondary N) is 1. The summed E-state index contributed by atoms with van der Waals surface area (Å²) in [5.74, 6) is 0.554. The van der Waals surface area contributed by atoms with Crippen molar-refractivity contribution in [3.05, 3.63) is 59.4 Å². The minimum atomic E-state index is -0.0705. The Morgan fingerprint density at radius 3 is 2.95 bits per heavy atom. The zero-order valence-electron chi connectivity index (χ0n) is 10.4. The maximum absolute atomic E-state index is 11.7. The molecule has 2 heterocycles. The molecule has 1 amide bonds. The Bertz CT molecular complexity index is 596. The Morgan fingerprint density at radius 2 is 2.11 bits per heavy atom. The number of ether oxygens (including phenoxy) is 1. The monoisotopic (exact) mass is 254 g/mol. The second-order valence-electron chi connectivity index (χ2n) is 4.45. The highest BCUT2D eigenvalue weighted by molar-refractivity contribution is 5.96. The van der Waals surface area contributed by atoms with E-state index in [1.54, 1.807) is 12.3 Å². The van der Waals surface area contributed by atoms with Crippen molar-refractivity contribution in [1.29, 1.82) is 0 Å². The van der Waals surface area contributed by atoms with E-state index in [4.69, 9.17) is 4.74 Å². The number of rotatable bonds is 3.